The summed E-state index contributed by atoms with van der Waals surface area (Å²) in [6.45, 7) is 1.91. The molecule has 0 aromatic heterocycles. The molecule has 0 aliphatic carbocycles. The molecule has 5 nitrogen and oxygen atoms in total. The van der Waals surface area contributed by atoms with Gasteiger partial charge in [-0.1, -0.05) is 36.5 Å². The number of benzene rings is 1. The highest BCUT2D eigenvalue weighted by Crippen LogP contribution is 2.32. The van der Waals surface area contributed by atoms with Crippen LogP contribution in [0.1, 0.15) is 30.1 Å². The molecule has 0 saturated heterocycles. The fourth-order valence-electron chi connectivity index (χ4n) is 1.47. The maximum absolute atomic E-state index is 11.8. The van der Waals surface area contributed by atoms with Gasteiger partial charge in [0.2, 0.25) is 5.91 Å². The van der Waals surface area contributed by atoms with Gasteiger partial charge in [0.1, 0.15) is 0 Å². The highest BCUT2D eigenvalue weighted by Gasteiger charge is 2.17. The molecule has 1 rings (SSSR count). The van der Waals surface area contributed by atoms with Crippen LogP contribution < -0.4 is 11.1 Å². The molecule has 0 unspecified atom stereocenters. The van der Waals surface area contributed by atoms with Gasteiger partial charge in [0, 0.05) is 0 Å². The molecule has 1 amide bonds. The smallest absolute Gasteiger partial charge is 0.335 e. The van der Waals surface area contributed by atoms with Crippen LogP contribution in [0.3, 0.4) is 0 Å². The fourth-order valence-corrected chi connectivity index (χ4v) is 2.06. The third-order valence-electron chi connectivity index (χ3n) is 2.47. The molecule has 0 radical (unpaired) electrons. The number of carboxylic acids is 1. The van der Waals surface area contributed by atoms with Gasteiger partial charge in [-0.05, 0) is 18.6 Å². The van der Waals surface area contributed by atoms with E-state index in [9.17, 15) is 9.59 Å². The van der Waals surface area contributed by atoms with Crippen LogP contribution in [0, 0.1) is 0 Å². The lowest BCUT2D eigenvalue weighted by atomic mass is 10.1. The molecule has 4 N–H and O–H groups in total. The first-order valence-electron chi connectivity index (χ1n) is 5.65. The molecule has 0 spiro atoms. The lowest BCUT2D eigenvalue weighted by Crippen LogP contribution is -2.35. The van der Waals surface area contributed by atoms with Crippen LogP contribution in [-0.4, -0.2) is 23.0 Å². The number of carbonyl (C=O) groups is 2. The summed E-state index contributed by atoms with van der Waals surface area (Å²) in [5.74, 6) is -1.56. The summed E-state index contributed by atoms with van der Waals surface area (Å²) in [4.78, 5) is 22.6. The van der Waals surface area contributed by atoms with E-state index < -0.39 is 17.9 Å². The van der Waals surface area contributed by atoms with Gasteiger partial charge < -0.3 is 16.2 Å². The largest absolute Gasteiger partial charge is 0.478 e. The Kier molecular flexibility index (Phi) is 5.60. The van der Waals surface area contributed by atoms with Crippen LogP contribution >= 0.6 is 23.2 Å². The van der Waals surface area contributed by atoms with Crippen molar-refractivity contribution < 1.29 is 14.7 Å². The van der Waals surface area contributed by atoms with E-state index in [4.69, 9.17) is 34.0 Å². The number of anilines is 1. The summed E-state index contributed by atoms with van der Waals surface area (Å²) in [7, 11) is 0. The van der Waals surface area contributed by atoms with Gasteiger partial charge in [-0.3, -0.25) is 4.79 Å². The molecule has 0 aliphatic rings. The Morgan fingerprint density at radius 3 is 2.32 bits per heavy atom. The number of halogens is 2. The minimum atomic E-state index is -1.15. The highest BCUT2D eigenvalue weighted by molar-refractivity contribution is 6.40. The summed E-state index contributed by atoms with van der Waals surface area (Å²) in [5.41, 5.74) is 5.78. The molecule has 0 saturated carbocycles. The molecule has 0 bridgehead atoms. The second kappa shape index (κ2) is 6.75. The first-order valence-corrected chi connectivity index (χ1v) is 6.41. The van der Waals surface area contributed by atoms with Crippen LogP contribution in [-0.2, 0) is 4.79 Å². The van der Waals surface area contributed by atoms with Crippen molar-refractivity contribution in [1.82, 2.24) is 0 Å². The van der Waals surface area contributed by atoms with Crippen LogP contribution in [0.4, 0.5) is 5.69 Å². The third-order valence-corrected chi connectivity index (χ3v) is 3.07. The fraction of sp³-hybridized carbons (Fsp3) is 0.333. The van der Waals surface area contributed by atoms with Gasteiger partial charge in [-0.15, -0.1) is 0 Å². The van der Waals surface area contributed by atoms with E-state index in [0.717, 1.165) is 6.42 Å². The number of nitrogens with one attached hydrogen (secondary N) is 1. The second-order valence-electron chi connectivity index (χ2n) is 4.00. The summed E-state index contributed by atoms with van der Waals surface area (Å²) < 4.78 is 0. The van der Waals surface area contributed by atoms with Crippen LogP contribution in [0.5, 0.6) is 0 Å². The van der Waals surface area contributed by atoms with E-state index in [0.29, 0.717) is 6.42 Å². The lowest BCUT2D eigenvalue weighted by Gasteiger charge is -2.14. The number of carbonyl (C=O) groups excluding carboxylic acids is 1. The predicted octanol–water partition coefficient (Wildman–Crippen LogP) is 2.76. The Morgan fingerprint density at radius 2 is 1.89 bits per heavy atom. The van der Waals surface area contributed by atoms with E-state index >= 15 is 0 Å². The minimum absolute atomic E-state index is 0.0501. The topological polar surface area (TPSA) is 92.4 Å². The monoisotopic (exact) mass is 304 g/mol. The van der Waals surface area contributed by atoms with Gasteiger partial charge in [0.15, 0.2) is 0 Å². The van der Waals surface area contributed by atoms with Crippen molar-refractivity contribution in [2.75, 3.05) is 5.32 Å². The molecular weight excluding hydrogens is 291 g/mol. The Labute approximate surface area is 120 Å². The Balaban J connectivity index is 2.96. The maximum atomic E-state index is 11.8. The van der Waals surface area contributed by atoms with E-state index in [1.54, 1.807) is 0 Å². The van der Waals surface area contributed by atoms with E-state index in [-0.39, 0.29) is 21.3 Å². The van der Waals surface area contributed by atoms with Gasteiger partial charge in [0.25, 0.3) is 0 Å². The third kappa shape index (κ3) is 4.09. The molecular formula is C12H14Cl2N2O3. The standard InChI is InChI=1S/C12H14Cl2N2O3/c1-2-3-9(15)11(17)16-10-7(13)4-6(12(18)19)5-8(10)14/h4-5,9H,2-3,15H2,1H3,(H,16,17)(H,18,19)/t9-/m1/s1. The molecule has 7 heteroatoms. The van der Waals surface area contributed by atoms with Crippen molar-refractivity contribution in [3.63, 3.8) is 0 Å². The van der Waals surface area contributed by atoms with Crippen LogP contribution in [0.15, 0.2) is 12.1 Å². The van der Waals surface area contributed by atoms with Gasteiger partial charge >= 0.3 is 5.97 Å². The quantitative estimate of drug-likeness (QED) is 0.780. The normalized spacial score (nSPS) is 12.0. The Hall–Kier alpha value is -1.30. The number of nitrogens with two attached hydrogens (primary N) is 1. The van der Waals surface area contributed by atoms with Gasteiger partial charge in [-0.2, -0.15) is 0 Å². The number of rotatable bonds is 5. The summed E-state index contributed by atoms with van der Waals surface area (Å²) in [6.07, 6.45) is 1.31. The number of carboxylic acid groups (broad SMARTS) is 1. The SMILES string of the molecule is CCC[C@@H](N)C(=O)Nc1c(Cl)cc(C(=O)O)cc1Cl. The van der Waals surface area contributed by atoms with E-state index in [1.807, 2.05) is 6.92 Å². The summed E-state index contributed by atoms with van der Waals surface area (Å²) >= 11 is 11.8. The molecule has 0 heterocycles. The maximum Gasteiger partial charge on any atom is 0.335 e. The summed E-state index contributed by atoms with van der Waals surface area (Å²) in [5, 5.41) is 11.5. The lowest BCUT2D eigenvalue weighted by molar-refractivity contribution is -0.117. The first-order chi connectivity index (χ1) is 8.86. The number of hydrogen-bond acceptors (Lipinski definition) is 3. The zero-order chi connectivity index (χ0) is 14.6. The minimum Gasteiger partial charge on any atom is -0.478 e. The van der Waals surface area contributed by atoms with Crippen molar-refractivity contribution in [1.29, 1.82) is 0 Å². The van der Waals surface area contributed by atoms with Crippen LogP contribution in [0.25, 0.3) is 0 Å². The second-order valence-corrected chi connectivity index (χ2v) is 4.82. The zero-order valence-electron chi connectivity index (χ0n) is 10.2. The highest BCUT2D eigenvalue weighted by atomic mass is 35.5. The molecule has 0 fully saturated rings. The van der Waals surface area contributed by atoms with Crippen molar-refractivity contribution in [3.8, 4) is 0 Å². The molecule has 1 aromatic rings. The van der Waals surface area contributed by atoms with E-state index in [1.165, 1.54) is 12.1 Å². The molecule has 1 atom stereocenters. The van der Waals surface area contributed by atoms with Gasteiger partial charge in [0.05, 0.1) is 27.3 Å². The zero-order valence-corrected chi connectivity index (χ0v) is 11.8. The number of aromatic carboxylic acids is 1. The van der Waals surface area contributed by atoms with E-state index in [2.05, 4.69) is 5.32 Å². The Morgan fingerprint density at radius 1 is 1.37 bits per heavy atom. The molecule has 104 valence electrons. The Bertz CT molecular complexity index is 483. The van der Waals surface area contributed by atoms with Crippen molar-refractivity contribution >= 4 is 40.8 Å². The van der Waals surface area contributed by atoms with Crippen LogP contribution in [0.2, 0.25) is 10.0 Å². The summed E-state index contributed by atoms with van der Waals surface area (Å²) in [6, 6.07) is 1.78. The first kappa shape index (κ1) is 15.8. The average Bonchev–Trinajstić information content (AvgIpc) is 2.33. The van der Waals surface area contributed by atoms with Crippen molar-refractivity contribution in [2.45, 2.75) is 25.8 Å². The molecule has 1 aromatic carbocycles. The van der Waals surface area contributed by atoms with Gasteiger partial charge in [-0.25, -0.2) is 4.79 Å². The van der Waals surface area contributed by atoms with Crippen molar-refractivity contribution in [2.24, 2.45) is 5.73 Å². The van der Waals surface area contributed by atoms with Crippen molar-refractivity contribution in [3.05, 3.63) is 27.7 Å². The number of hydrogen-bond donors (Lipinski definition) is 3. The number of amides is 1. The molecule has 0 aliphatic heterocycles. The predicted molar refractivity (Wildman–Crippen MR) is 74.9 cm³/mol. The molecule has 19 heavy (non-hydrogen) atoms. The average molecular weight is 305 g/mol.